The first-order chi connectivity index (χ1) is 9.69. The topological polar surface area (TPSA) is 184 Å². The molecule has 1 aliphatic heterocycles. The molecule has 0 amide bonds. The van der Waals surface area contributed by atoms with Crippen LogP contribution < -0.4 is 118 Å². The van der Waals surface area contributed by atoms with Gasteiger partial charge in [-0.15, -0.1) is 0 Å². The molecule has 1 aliphatic rings. The van der Waals surface area contributed by atoms with Crippen molar-refractivity contribution in [3.8, 4) is 6.01 Å². The van der Waals surface area contributed by atoms with Gasteiger partial charge in [0.1, 0.15) is 23.8 Å². The predicted molar refractivity (Wildman–Crippen MR) is 59.2 cm³/mol. The maximum absolute atomic E-state index is 11.6. The second kappa shape index (κ2) is 10.3. The third-order valence-corrected chi connectivity index (χ3v) is 3.32. The number of nitrogens with one attached hydrogen (secondary N) is 1. The van der Waals surface area contributed by atoms with Crippen LogP contribution in [0.25, 0.3) is 0 Å². The number of aliphatic hydroxyl groups is 2. The SMILES string of the molecule is N=c1ccn(C2OC(COP(=O)([O-])O)C(O)C2O)c([O-])n1.[K+].[K+]. The van der Waals surface area contributed by atoms with Gasteiger partial charge >= 0.3 is 103 Å². The van der Waals surface area contributed by atoms with Crippen LogP contribution in [0.2, 0.25) is 0 Å². The molecule has 23 heavy (non-hydrogen) atoms. The van der Waals surface area contributed by atoms with Gasteiger partial charge in [0.05, 0.1) is 12.6 Å². The van der Waals surface area contributed by atoms with E-state index in [2.05, 4.69) is 9.51 Å². The zero-order valence-corrected chi connectivity index (χ0v) is 19.5. The van der Waals surface area contributed by atoms with Crippen molar-refractivity contribution in [1.82, 2.24) is 9.55 Å². The molecule has 5 unspecified atom stereocenters. The van der Waals surface area contributed by atoms with Crippen LogP contribution in [0.15, 0.2) is 12.3 Å². The summed E-state index contributed by atoms with van der Waals surface area (Å²) in [6, 6.07) is 0.296. The molecule has 0 bridgehead atoms. The van der Waals surface area contributed by atoms with Crippen molar-refractivity contribution in [2.24, 2.45) is 0 Å². The number of ether oxygens (including phenoxy) is 1. The van der Waals surface area contributed by atoms with Gasteiger partial charge in [0.15, 0.2) is 6.23 Å². The Morgan fingerprint density at radius 3 is 2.57 bits per heavy atom. The first-order valence-corrected chi connectivity index (χ1v) is 7.19. The molecular weight excluding hydrogens is 387 g/mol. The van der Waals surface area contributed by atoms with Crippen LogP contribution in [0.1, 0.15) is 6.23 Å². The number of aliphatic hydroxyl groups excluding tert-OH is 2. The molecule has 2 rings (SSSR count). The van der Waals surface area contributed by atoms with Crippen molar-refractivity contribution in [2.45, 2.75) is 24.5 Å². The van der Waals surface area contributed by atoms with Crippen LogP contribution >= 0.6 is 7.82 Å². The summed E-state index contributed by atoms with van der Waals surface area (Å²) < 4.78 is 20.6. The molecule has 0 saturated carbocycles. The van der Waals surface area contributed by atoms with Gasteiger partial charge in [0.25, 0.3) is 7.82 Å². The molecule has 0 spiro atoms. The van der Waals surface area contributed by atoms with Gasteiger partial charge in [-0.2, -0.15) is 0 Å². The van der Waals surface area contributed by atoms with E-state index >= 15 is 0 Å². The Morgan fingerprint density at radius 1 is 1.43 bits per heavy atom. The molecule has 5 atom stereocenters. The third kappa shape index (κ3) is 6.88. The number of rotatable bonds is 4. The van der Waals surface area contributed by atoms with Gasteiger partial charge < -0.3 is 38.9 Å². The largest absolute Gasteiger partial charge is 1.00 e. The molecule has 0 radical (unpaired) electrons. The number of phosphoric acid groups is 1. The van der Waals surface area contributed by atoms with Gasteiger partial charge in [-0.25, -0.2) is 4.98 Å². The summed E-state index contributed by atoms with van der Waals surface area (Å²) >= 11 is 0. The van der Waals surface area contributed by atoms with E-state index in [-0.39, 0.29) is 108 Å². The van der Waals surface area contributed by atoms with Crippen LogP contribution in [0.4, 0.5) is 0 Å². The standard InChI is InChI=1S/C9H14N3O8P.2K/c10-5-1-2-12(9(15)11-5)8-7(14)6(13)4(20-8)3-19-21(16,17)18;;/h1-2,4,6-8,13-14H,3H2,(H2,10,11,15)(H2,16,17,18);;/q;2*+1/p-2. The van der Waals surface area contributed by atoms with E-state index in [0.717, 1.165) is 10.8 Å². The van der Waals surface area contributed by atoms with E-state index in [1.165, 1.54) is 6.07 Å². The van der Waals surface area contributed by atoms with Crippen LogP contribution in [0, 0.1) is 5.41 Å². The average molecular weight is 399 g/mol. The van der Waals surface area contributed by atoms with Crippen LogP contribution in [0.5, 0.6) is 6.01 Å². The molecule has 1 aromatic rings. The van der Waals surface area contributed by atoms with Crippen molar-refractivity contribution in [2.75, 3.05) is 6.61 Å². The van der Waals surface area contributed by atoms with Gasteiger partial charge in [0.2, 0.25) is 0 Å². The molecule has 1 saturated heterocycles. The average Bonchev–Trinajstić information content (AvgIpc) is 2.64. The zero-order valence-electron chi connectivity index (χ0n) is 12.4. The van der Waals surface area contributed by atoms with E-state index in [4.69, 9.17) is 15.0 Å². The molecule has 11 nitrogen and oxygen atoms in total. The van der Waals surface area contributed by atoms with Crippen molar-refractivity contribution in [1.29, 1.82) is 5.41 Å². The van der Waals surface area contributed by atoms with Crippen molar-refractivity contribution in [3.63, 3.8) is 0 Å². The number of aromatic nitrogens is 2. The molecule has 2 heterocycles. The first kappa shape index (κ1) is 24.9. The molecule has 118 valence electrons. The smallest absolute Gasteiger partial charge is 0.846 e. The normalized spacial score (nSPS) is 29.2. The quantitative estimate of drug-likeness (QED) is 0.282. The Kier molecular flexibility index (Phi) is 11.2. The summed E-state index contributed by atoms with van der Waals surface area (Å²) in [5.74, 6) is 0. The van der Waals surface area contributed by atoms with E-state index < -0.39 is 45.0 Å². The number of phosphoric ester groups is 1. The molecule has 4 N–H and O–H groups in total. The Morgan fingerprint density at radius 2 is 2.04 bits per heavy atom. The van der Waals surface area contributed by atoms with Crippen LogP contribution in [-0.4, -0.2) is 49.6 Å². The second-order valence-corrected chi connectivity index (χ2v) is 5.51. The third-order valence-electron chi connectivity index (χ3n) is 2.84. The summed E-state index contributed by atoms with van der Waals surface area (Å²) in [6.07, 6.45) is -4.53. The zero-order chi connectivity index (χ0) is 15.8. The summed E-state index contributed by atoms with van der Waals surface area (Å²) in [7, 11) is -5.00. The summed E-state index contributed by atoms with van der Waals surface area (Å²) in [5, 5.41) is 38.3. The Hall–Kier alpha value is 1.94. The minimum Gasteiger partial charge on any atom is -0.846 e. The van der Waals surface area contributed by atoms with Gasteiger partial charge in [-0.1, -0.05) is 0 Å². The van der Waals surface area contributed by atoms with Gasteiger partial charge in [-0.05, 0) is 6.07 Å². The van der Waals surface area contributed by atoms with Gasteiger partial charge in [-0.3, -0.25) is 9.97 Å². The van der Waals surface area contributed by atoms with Crippen LogP contribution in [-0.2, 0) is 13.8 Å². The maximum Gasteiger partial charge on any atom is 1.00 e. The molecule has 14 heteroatoms. The van der Waals surface area contributed by atoms with E-state index in [1.54, 1.807) is 0 Å². The molecule has 0 aromatic carbocycles. The van der Waals surface area contributed by atoms with E-state index in [0.29, 0.717) is 0 Å². The summed E-state index contributed by atoms with van der Waals surface area (Å²) in [6.45, 7) is -0.731. The fourth-order valence-electron chi connectivity index (χ4n) is 1.87. The monoisotopic (exact) mass is 399 g/mol. The molecular formula is C9H12K2N3O8P. The Bertz CT molecular complexity index is 625. The number of nitrogens with zero attached hydrogens (tertiary/aromatic N) is 2. The number of hydrogen-bond acceptors (Lipinski definition) is 9. The minimum absolute atomic E-state index is 0. The van der Waals surface area contributed by atoms with E-state index in [9.17, 15) is 24.8 Å². The Labute approximate surface area is 215 Å². The molecule has 1 fully saturated rings. The Balaban J connectivity index is 0.00000242. The minimum atomic E-state index is -5.00. The van der Waals surface area contributed by atoms with E-state index in [1.807, 2.05) is 0 Å². The second-order valence-electron chi connectivity index (χ2n) is 4.31. The van der Waals surface area contributed by atoms with Crippen molar-refractivity contribution < 1.29 is 142 Å². The summed E-state index contributed by atoms with van der Waals surface area (Å²) in [4.78, 5) is 22.3. The van der Waals surface area contributed by atoms with Crippen molar-refractivity contribution >= 4 is 7.82 Å². The molecule has 1 aromatic heterocycles. The molecule has 0 aliphatic carbocycles. The van der Waals surface area contributed by atoms with Crippen molar-refractivity contribution in [3.05, 3.63) is 17.8 Å². The fourth-order valence-corrected chi connectivity index (χ4v) is 2.21. The van der Waals surface area contributed by atoms with Gasteiger partial charge in [0, 0.05) is 6.20 Å². The summed E-state index contributed by atoms with van der Waals surface area (Å²) in [5.41, 5.74) is -0.281. The first-order valence-electron chi connectivity index (χ1n) is 5.70. The predicted octanol–water partition coefficient (Wildman–Crippen LogP) is -9.46. The van der Waals surface area contributed by atoms with Crippen LogP contribution in [0.3, 0.4) is 0 Å². The maximum atomic E-state index is 11.6. The fraction of sp³-hybridized carbons (Fsp3) is 0.556. The number of hydrogen-bond donors (Lipinski definition) is 4.